The van der Waals surface area contributed by atoms with Crippen molar-refractivity contribution < 1.29 is 5.11 Å². The number of hydrogen-bond donors (Lipinski definition) is 1. The number of aryl methyl sites for hydroxylation is 1. The van der Waals surface area contributed by atoms with Gasteiger partial charge < -0.3 is 5.11 Å². The van der Waals surface area contributed by atoms with Crippen LogP contribution in [0.25, 0.3) is 0 Å². The van der Waals surface area contributed by atoms with Gasteiger partial charge in [-0.05, 0) is 30.7 Å². The van der Waals surface area contributed by atoms with E-state index in [0.717, 1.165) is 19.3 Å². The van der Waals surface area contributed by atoms with Gasteiger partial charge in [-0.15, -0.1) is 0 Å². The molecule has 1 nitrogen and oxygen atoms in total. The molecule has 14 heavy (non-hydrogen) atoms. The first-order valence-corrected chi connectivity index (χ1v) is 5.46. The van der Waals surface area contributed by atoms with E-state index in [2.05, 4.69) is 31.2 Å². The van der Waals surface area contributed by atoms with Gasteiger partial charge in [-0.2, -0.15) is 0 Å². The molecule has 0 aliphatic carbocycles. The molecule has 1 N–H and O–H groups in total. The Morgan fingerprint density at radius 3 is 2.43 bits per heavy atom. The van der Waals surface area contributed by atoms with E-state index < -0.39 is 0 Å². The Morgan fingerprint density at radius 1 is 1.21 bits per heavy atom. The van der Waals surface area contributed by atoms with Crippen molar-refractivity contribution in [3.8, 4) is 0 Å². The quantitative estimate of drug-likeness (QED) is 0.760. The Balaban J connectivity index is 2.34. The van der Waals surface area contributed by atoms with Crippen LogP contribution in [0.5, 0.6) is 0 Å². The van der Waals surface area contributed by atoms with Crippen molar-refractivity contribution in [1.29, 1.82) is 0 Å². The molecule has 0 unspecified atom stereocenters. The highest BCUT2D eigenvalue weighted by Crippen LogP contribution is 2.14. The van der Waals surface area contributed by atoms with E-state index in [-0.39, 0.29) is 6.10 Å². The van der Waals surface area contributed by atoms with Crippen LogP contribution in [-0.4, -0.2) is 11.2 Å². The summed E-state index contributed by atoms with van der Waals surface area (Å²) in [5.74, 6) is 0.403. The second kappa shape index (κ2) is 5.82. The molecular weight excluding hydrogens is 172 g/mol. The van der Waals surface area contributed by atoms with Crippen LogP contribution in [0.15, 0.2) is 30.3 Å². The Hall–Kier alpha value is -0.820. The van der Waals surface area contributed by atoms with E-state index in [1.807, 2.05) is 13.0 Å². The van der Waals surface area contributed by atoms with Crippen LogP contribution < -0.4 is 0 Å². The number of aliphatic hydroxyl groups is 1. The molecule has 78 valence electrons. The van der Waals surface area contributed by atoms with Crippen molar-refractivity contribution in [2.75, 3.05) is 0 Å². The summed E-state index contributed by atoms with van der Waals surface area (Å²) in [6.45, 7) is 4.15. The summed E-state index contributed by atoms with van der Waals surface area (Å²) in [6.07, 6.45) is 2.85. The van der Waals surface area contributed by atoms with Crippen LogP contribution in [0.1, 0.15) is 32.3 Å². The molecule has 1 heteroatoms. The minimum atomic E-state index is -0.140. The lowest BCUT2D eigenvalue weighted by molar-refractivity contribution is 0.108. The van der Waals surface area contributed by atoms with Gasteiger partial charge in [-0.25, -0.2) is 0 Å². The second-order valence-electron chi connectivity index (χ2n) is 3.98. The van der Waals surface area contributed by atoms with Crippen LogP contribution in [-0.2, 0) is 6.42 Å². The maximum atomic E-state index is 9.60. The van der Waals surface area contributed by atoms with E-state index in [9.17, 15) is 5.11 Å². The van der Waals surface area contributed by atoms with Crippen LogP contribution in [0.2, 0.25) is 0 Å². The highest BCUT2D eigenvalue weighted by atomic mass is 16.3. The third-order valence-corrected chi connectivity index (χ3v) is 2.81. The number of hydrogen-bond acceptors (Lipinski definition) is 1. The molecule has 1 aromatic rings. The molecule has 0 aliphatic heterocycles. The molecule has 0 fully saturated rings. The molecule has 0 aliphatic rings. The summed E-state index contributed by atoms with van der Waals surface area (Å²) >= 11 is 0. The lowest BCUT2D eigenvalue weighted by Gasteiger charge is -2.16. The Labute approximate surface area is 86.8 Å². The maximum absolute atomic E-state index is 9.60. The largest absolute Gasteiger partial charge is 0.393 e. The van der Waals surface area contributed by atoms with Gasteiger partial charge in [0.15, 0.2) is 0 Å². The van der Waals surface area contributed by atoms with Crippen molar-refractivity contribution in [2.24, 2.45) is 5.92 Å². The molecular formula is C13H20O. The van der Waals surface area contributed by atoms with Gasteiger partial charge in [-0.1, -0.05) is 44.2 Å². The van der Waals surface area contributed by atoms with Crippen molar-refractivity contribution in [2.45, 2.75) is 39.2 Å². The molecule has 1 rings (SSSR count). The first kappa shape index (κ1) is 11.3. The maximum Gasteiger partial charge on any atom is 0.0563 e. The van der Waals surface area contributed by atoms with Gasteiger partial charge in [0, 0.05) is 0 Å². The molecule has 0 spiro atoms. The fourth-order valence-corrected chi connectivity index (χ4v) is 1.63. The van der Waals surface area contributed by atoms with Gasteiger partial charge in [0.1, 0.15) is 0 Å². The van der Waals surface area contributed by atoms with Crippen LogP contribution in [0, 0.1) is 5.92 Å². The smallest absolute Gasteiger partial charge is 0.0563 e. The normalized spacial score (nSPS) is 15.1. The van der Waals surface area contributed by atoms with Crippen LogP contribution in [0.3, 0.4) is 0 Å². The predicted molar refractivity (Wildman–Crippen MR) is 60.2 cm³/mol. The zero-order valence-corrected chi connectivity index (χ0v) is 9.11. The predicted octanol–water partition coefficient (Wildman–Crippen LogP) is 3.03. The molecule has 2 atom stereocenters. The summed E-state index contributed by atoms with van der Waals surface area (Å²) < 4.78 is 0. The van der Waals surface area contributed by atoms with E-state index in [4.69, 9.17) is 0 Å². The summed E-state index contributed by atoms with van der Waals surface area (Å²) in [6, 6.07) is 10.5. The van der Waals surface area contributed by atoms with E-state index in [1.54, 1.807) is 0 Å². The van der Waals surface area contributed by atoms with Crippen molar-refractivity contribution in [3.63, 3.8) is 0 Å². The summed E-state index contributed by atoms with van der Waals surface area (Å²) in [4.78, 5) is 0. The van der Waals surface area contributed by atoms with E-state index >= 15 is 0 Å². The van der Waals surface area contributed by atoms with Crippen molar-refractivity contribution in [1.82, 2.24) is 0 Å². The molecule has 0 amide bonds. The van der Waals surface area contributed by atoms with Gasteiger partial charge in [0.05, 0.1) is 6.10 Å². The lowest BCUT2D eigenvalue weighted by Crippen LogP contribution is -2.16. The molecule has 1 aromatic carbocycles. The van der Waals surface area contributed by atoms with Crippen LogP contribution in [0.4, 0.5) is 0 Å². The highest BCUT2D eigenvalue weighted by Gasteiger charge is 2.11. The Bertz CT molecular complexity index is 243. The van der Waals surface area contributed by atoms with Crippen molar-refractivity contribution in [3.05, 3.63) is 35.9 Å². The molecule has 0 radical (unpaired) electrons. The first-order valence-electron chi connectivity index (χ1n) is 5.46. The lowest BCUT2D eigenvalue weighted by atomic mass is 9.95. The van der Waals surface area contributed by atoms with Crippen molar-refractivity contribution >= 4 is 0 Å². The highest BCUT2D eigenvalue weighted by molar-refractivity contribution is 5.14. The summed E-state index contributed by atoms with van der Waals surface area (Å²) in [5, 5.41) is 9.60. The van der Waals surface area contributed by atoms with Gasteiger partial charge in [0.2, 0.25) is 0 Å². The monoisotopic (exact) mass is 192 g/mol. The van der Waals surface area contributed by atoms with Gasteiger partial charge in [-0.3, -0.25) is 0 Å². The van der Waals surface area contributed by atoms with Gasteiger partial charge in [0.25, 0.3) is 0 Å². The second-order valence-corrected chi connectivity index (χ2v) is 3.98. The topological polar surface area (TPSA) is 20.2 Å². The average molecular weight is 192 g/mol. The molecule has 0 heterocycles. The Kier molecular flexibility index (Phi) is 4.68. The Morgan fingerprint density at radius 2 is 1.86 bits per heavy atom. The van der Waals surface area contributed by atoms with Gasteiger partial charge >= 0.3 is 0 Å². The molecule has 0 aromatic heterocycles. The average Bonchev–Trinajstić information content (AvgIpc) is 2.26. The number of rotatable bonds is 5. The molecule has 0 saturated heterocycles. The fraction of sp³-hybridized carbons (Fsp3) is 0.538. The summed E-state index contributed by atoms with van der Waals surface area (Å²) in [5.41, 5.74) is 1.36. The third kappa shape index (κ3) is 3.51. The van der Waals surface area contributed by atoms with E-state index in [1.165, 1.54) is 5.56 Å². The molecule has 0 bridgehead atoms. The SMILES string of the molecule is CC[C@H](O)[C@H](C)CCc1ccccc1. The zero-order valence-electron chi connectivity index (χ0n) is 9.11. The number of benzene rings is 1. The third-order valence-electron chi connectivity index (χ3n) is 2.81. The minimum Gasteiger partial charge on any atom is -0.393 e. The standard InChI is InChI=1S/C13H20O/c1-3-13(14)11(2)9-10-12-7-5-4-6-8-12/h4-8,11,13-14H,3,9-10H2,1-2H3/t11-,13+/m1/s1. The fourth-order valence-electron chi connectivity index (χ4n) is 1.63. The first-order chi connectivity index (χ1) is 6.74. The summed E-state index contributed by atoms with van der Waals surface area (Å²) in [7, 11) is 0. The number of aliphatic hydroxyl groups excluding tert-OH is 1. The minimum absolute atomic E-state index is 0.140. The zero-order chi connectivity index (χ0) is 10.4. The molecule has 0 saturated carbocycles. The van der Waals surface area contributed by atoms with Crippen LogP contribution >= 0.6 is 0 Å². The van der Waals surface area contributed by atoms with E-state index in [0.29, 0.717) is 5.92 Å².